The van der Waals surface area contributed by atoms with Gasteiger partial charge in [0.1, 0.15) is 17.4 Å². The molecule has 248 valence electrons. The maximum atomic E-state index is 14.2. The second-order valence-electron chi connectivity index (χ2n) is 12.6. The molecule has 2 fully saturated rings. The van der Waals surface area contributed by atoms with Crippen LogP contribution in [-0.2, 0) is 11.2 Å². The molecule has 0 bridgehead atoms. The van der Waals surface area contributed by atoms with Crippen LogP contribution in [0.15, 0.2) is 72.8 Å². The Morgan fingerprint density at radius 1 is 0.958 bits per heavy atom. The molecule has 2 aliphatic rings. The lowest BCUT2D eigenvalue weighted by Crippen LogP contribution is -2.44. The Hall–Kier alpha value is -5.00. The molecule has 3 heterocycles. The topological polar surface area (TPSA) is 106 Å². The first-order valence-electron chi connectivity index (χ1n) is 16.3. The summed E-state index contributed by atoms with van der Waals surface area (Å²) in [6.07, 6.45) is 1.93. The van der Waals surface area contributed by atoms with E-state index in [1.165, 1.54) is 12.1 Å². The third-order valence-electron chi connectivity index (χ3n) is 9.21. The third-order valence-corrected chi connectivity index (χ3v) is 9.21. The maximum absolute atomic E-state index is 14.2. The number of fused-ring (bicyclic) bond motifs is 1. The number of nitrogens with zero attached hydrogens (tertiary/aromatic N) is 3. The highest BCUT2D eigenvalue weighted by Gasteiger charge is 2.23. The highest BCUT2D eigenvalue weighted by molar-refractivity contribution is 6.11. The molecule has 0 spiro atoms. The fourth-order valence-corrected chi connectivity index (χ4v) is 6.54. The summed E-state index contributed by atoms with van der Waals surface area (Å²) in [5.41, 5.74) is 5.86. The Morgan fingerprint density at radius 2 is 1.69 bits per heavy atom. The minimum atomic E-state index is -0.655. The van der Waals surface area contributed by atoms with Gasteiger partial charge < -0.3 is 30.3 Å². The van der Waals surface area contributed by atoms with Crippen LogP contribution < -0.4 is 15.5 Å². The van der Waals surface area contributed by atoms with Crippen molar-refractivity contribution in [1.82, 2.24) is 15.1 Å². The van der Waals surface area contributed by atoms with Crippen LogP contribution in [0, 0.1) is 11.6 Å². The number of nitrogens with one attached hydrogen (secondary N) is 3. The van der Waals surface area contributed by atoms with Gasteiger partial charge in [-0.1, -0.05) is 12.1 Å². The number of phenolic OH excluding ortho intramolecular Hbond substituents is 1. The normalized spacial score (nSPS) is 15.9. The summed E-state index contributed by atoms with van der Waals surface area (Å²) >= 11 is 0. The number of H-pyrrole nitrogens is 1. The Labute approximate surface area is 277 Å². The summed E-state index contributed by atoms with van der Waals surface area (Å²) in [7, 11) is 2.13. The van der Waals surface area contributed by atoms with Crippen LogP contribution in [0.5, 0.6) is 5.75 Å². The molecule has 4 N–H and O–H groups in total. The molecule has 1 amide bonds. The number of anilines is 3. The zero-order valence-electron chi connectivity index (χ0n) is 26.7. The number of rotatable bonds is 8. The molecule has 0 unspecified atom stereocenters. The van der Waals surface area contributed by atoms with Gasteiger partial charge in [-0.3, -0.25) is 9.89 Å². The number of halogens is 2. The van der Waals surface area contributed by atoms with E-state index in [-0.39, 0.29) is 24.1 Å². The van der Waals surface area contributed by atoms with Gasteiger partial charge in [-0.05, 0) is 103 Å². The first-order valence-corrected chi connectivity index (χ1v) is 16.3. The molecule has 0 atom stereocenters. The number of likely N-dealkylation sites (N-methyl/N-ethyl adjacent to an activating group) is 1. The lowest BCUT2D eigenvalue weighted by atomic mass is 9.93. The Bertz CT molecular complexity index is 1910. The van der Waals surface area contributed by atoms with Crippen molar-refractivity contribution < 1.29 is 23.4 Å². The molecule has 1 aromatic heterocycles. The number of ether oxygens (including phenoxy) is 1. The van der Waals surface area contributed by atoms with Crippen LogP contribution in [0.3, 0.4) is 0 Å². The van der Waals surface area contributed by atoms with Crippen molar-refractivity contribution in [2.45, 2.75) is 25.3 Å². The van der Waals surface area contributed by atoms with Crippen LogP contribution in [0.25, 0.3) is 22.0 Å². The van der Waals surface area contributed by atoms with E-state index in [0.717, 1.165) is 73.2 Å². The third kappa shape index (κ3) is 6.97. The van der Waals surface area contributed by atoms with Crippen molar-refractivity contribution in [3.8, 4) is 16.9 Å². The molecule has 0 saturated carbocycles. The Kier molecular flexibility index (Phi) is 8.96. The number of carbonyl (C=O) groups is 1. The van der Waals surface area contributed by atoms with Crippen LogP contribution in [0.2, 0.25) is 0 Å². The van der Waals surface area contributed by atoms with Gasteiger partial charge in [0.25, 0.3) is 5.91 Å². The van der Waals surface area contributed by atoms with Gasteiger partial charge in [-0.25, -0.2) is 8.78 Å². The fourth-order valence-electron chi connectivity index (χ4n) is 6.54. The van der Waals surface area contributed by atoms with E-state index >= 15 is 0 Å². The number of aromatic nitrogens is 2. The second-order valence-corrected chi connectivity index (χ2v) is 12.6. The van der Waals surface area contributed by atoms with E-state index in [9.17, 15) is 18.7 Å². The number of amides is 1. The molecule has 0 aliphatic carbocycles. The number of hydrogen-bond donors (Lipinski definition) is 4. The molecular formula is C37H38F2N6O3. The number of aromatic amines is 1. The number of carbonyl (C=O) groups excluding carboxylic acids is 1. The van der Waals surface area contributed by atoms with E-state index < -0.39 is 11.6 Å². The summed E-state index contributed by atoms with van der Waals surface area (Å²) in [6, 6.07) is 20.1. The zero-order valence-corrected chi connectivity index (χ0v) is 26.7. The molecule has 4 aromatic carbocycles. The Balaban J connectivity index is 1.22. The lowest BCUT2D eigenvalue weighted by Gasteiger charge is -2.34. The zero-order chi connectivity index (χ0) is 33.2. The van der Waals surface area contributed by atoms with Crippen molar-refractivity contribution >= 4 is 34.0 Å². The molecule has 11 heteroatoms. The fraction of sp³-hybridized carbons (Fsp3) is 0.297. The van der Waals surface area contributed by atoms with Gasteiger partial charge >= 0.3 is 0 Å². The molecule has 2 aliphatic heterocycles. The van der Waals surface area contributed by atoms with E-state index in [0.29, 0.717) is 41.1 Å². The van der Waals surface area contributed by atoms with Gasteiger partial charge in [-0.2, -0.15) is 5.10 Å². The molecule has 2 saturated heterocycles. The first-order chi connectivity index (χ1) is 23.3. The minimum absolute atomic E-state index is 0.127. The van der Waals surface area contributed by atoms with Crippen molar-refractivity contribution in [3.63, 3.8) is 0 Å². The summed E-state index contributed by atoms with van der Waals surface area (Å²) in [6.45, 7) is 5.12. The molecule has 5 aromatic rings. The summed E-state index contributed by atoms with van der Waals surface area (Å²) in [5, 5.41) is 24.7. The molecule has 48 heavy (non-hydrogen) atoms. The summed E-state index contributed by atoms with van der Waals surface area (Å²) in [4.78, 5) is 18.6. The number of hydrogen-bond acceptors (Lipinski definition) is 7. The molecule has 0 radical (unpaired) electrons. The number of benzene rings is 4. The van der Waals surface area contributed by atoms with Crippen molar-refractivity contribution in [2.75, 3.05) is 62.0 Å². The molecule has 7 rings (SSSR count). The van der Waals surface area contributed by atoms with E-state index in [1.54, 1.807) is 24.3 Å². The standard InChI is InChI=1S/C37H38F2N6O3/c1-44-10-12-45(13-11-44)29-4-7-31(34(21-29)40-28-8-14-48-15-9-28)37(47)41-36-33-19-25(16-23-17-26(38)20-27(39)18-23)32(22-35(33)42-43-36)24-2-5-30(46)6-3-24/h2-7,17-22,28,40,46H,8-16H2,1H3,(H2,41,42,43,47). The predicted molar refractivity (Wildman–Crippen MR) is 184 cm³/mol. The van der Waals surface area contributed by atoms with Gasteiger partial charge in [0.15, 0.2) is 5.82 Å². The SMILES string of the molecule is CN1CCN(c2ccc(C(=O)Nc3n[nH]c4cc(-c5ccc(O)cc5)c(Cc5cc(F)cc(F)c5)cc34)c(NC3CCOCC3)c2)CC1. The minimum Gasteiger partial charge on any atom is -0.508 e. The predicted octanol–water partition coefficient (Wildman–Crippen LogP) is 6.40. The van der Waals surface area contributed by atoms with Crippen molar-refractivity contribution in [3.05, 3.63) is 101 Å². The average molecular weight is 653 g/mol. The lowest BCUT2D eigenvalue weighted by molar-refractivity contribution is 0.0904. The summed E-state index contributed by atoms with van der Waals surface area (Å²) < 4.78 is 33.9. The number of aromatic hydroxyl groups is 1. The second kappa shape index (κ2) is 13.6. The maximum Gasteiger partial charge on any atom is 0.258 e. The van der Waals surface area contributed by atoms with Crippen LogP contribution in [-0.4, -0.2) is 78.6 Å². The van der Waals surface area contributed by atoms with Crippen molar-refractivity contribution in [1.29, 1.82) is 0 Å². The van der Waals surface area contributed by atoms with E-state index in [1.807, 2.05) is 24.3 Å². The number of phenols is 1. The monoisotopic (exact) mass is 652 g/mol. The van der Waals surface area contributed by atoms with Gasteiger partial charge in [0.05, 0.1) is 11.1 Å². The van der Waals surface area contributed by atoms with Crippen LogP contribution in [0.4, 0.5) is 26.0 Å². The van der Waals surface area contributed by atoms with Gasteiger partial charge in [0, 0.05) is 68.3 Å². The largest absolute Gasteiger partial charge is 0.508 e. The Morgan fingerprint density at radius 3 is 2.42 bits per heavy atom. The van der Waals surface area contributed by atoms with E-state index in [2.05, 4.69) is 43.7 Å². The smallest absolute Gasteiger partial charge is 0.258 e. The molecular weight excluding hydrogens is 614 g/mol. The average Bonchev–Trinajstić information content (AvgIpc) is 3.46. The number of piperazine rings is 1. The molecule has 9 nitrogen and oxygen atoms in total. The highest BCUT2D eigenvalue weighted by Crippen LogP contribution is 2.34. The van der Waals surface area contributed by atoms with Gasteiger partial charge in [-0.15, -0.1) is 0 Å². The van der Waals surface area contributed by atoms with Crippen molar-refractivity contribution in [2.24, 2.45) is 0 Å². The summed E-state index contributed by atoms with van der Waals surface area (Å²) in [5.74, 6) is -1.14. The van der Waals surface area contributed by atoms with Crippen LogP contribution >= 0.6 is 0 Å². The quantitative estimate of drug-likeness (QED) is 0.154. The van der Waals surface area contributed by atoms with Crippen LogP contribution in [0.1, 0.15) is 34.3 Å². The first kappa shape index (κ1) is 31.6. The highest BCUT2D eigenvalue weighted by atomic mass is 19.1. The van der Waals surface area contributed by atoms with E-state index in [4.69, 9.17) is 4.74 Å². The van der Waals surface area contributed by atoms with Gasteiger partial charge in [0.2, 0.25) is 0 Å².